The Morgan fingerprint density at radius 1 is 1.18 bits per heavy atom. The highest BCUT2D eigenvalue weighted by Gasteiger charge is 2.37. The highest BCUT2D eigenvalue weighted by atomic mass is 32.2. The van der Waals surface area contributed by atoms with E-state index < -0.39 is 35.0 Å². The van der Waals surface area contributed by atoms with Gasteiger partial charge in [0.05, 0.1) is 29.4 Å². The molecule has 0 spiro atoms. The minimum atomic E-state index is -4.48. The Balaban J connectivity index is 1.61. The first-order chi connectivity index (χ1) is 20.8. The number of methoxy groups -OCH3 is 1. The van der Waals surface area contributed by atoms with E-state index in [2.05, 4.69) is 29.1 Å². The Morgan fingerprint density at radius 2 is 1.91 bits per heavy atom. The molecule has 13 heteroatoms. The van der Waals surface area contributed by atoms with Gasteiger partial charge in [-0.3, -0.25) is 0 Å². The first-order valence-electron chi connectivity index (χ1n) is 14.2. The summed E-state index contributed by atoms with van der Waals surface area (Å²) in [6.45, 7) is -0.986. The molecule has 0 radical (unpaired) electrons. The van der Waals surface area contributed by atoms with E-state index in [4.69, 9.17) is 15.2 Å². The summed E-state index contributed by atoms with van der Waals surface area (Å²) in [4.78, 5) is 2.21. The van der Waals surface area contributed by atoms with E-state index >= 15 is 0 Å². The van der Waals surface area contributed by atoms with Gasteiger partial charge in [-0.15, -0.1) is 0 Å². The second-order valence-electron chi connectivity index (χ2n) is 11.2. The smallest absolute Gasteiger partial charge is 0.406 e. The van der Waals surface area contributed by atoms with Crippen molar-refractivity contribution in [3.8, 4) is 17.6 Å². The molecule has 44 heavy (non-hydrogen) atoms. The average Bonchev–Trinajstić information content (AvgIpc) is 3.30. The fourth-order valence-electron chi connectivity index (χ4n) is 5.75. The zero-order valence-electron chi connectivity index (χ0n) is 25.0. The van der Waals surface area contributed by atoms with Crippen molar-refractivity contribution in [3.63, 3.8) is 0 Å². The minimum Gasteiger partial charge on any atom is -0.461 e. The van der Waals surface area contributed by atoms with E-state index in [1.54, 1.807) is 25.3 Å². The van der Waals surface area contributed by atoms with Crippen LogP contribution < -0.4 is 15.8 Å². The monoisotopic (exact) mass is 638 g/mol. The molecule has 1 fully saturated rings. The number of rotatable bonds is 11. The number of nitrogens with zero attached hydrogens (tertiary/aromatic N) is 2. The Kier molecular flexibility index (Phi) is 10.5. The Morgan fingerprint density at radius 3 is 2.55 bits per heavy atom. The topological polar surface area (TPSA) is 98.8 Å². The standard InChI is InChI=1S/C31H38F4N4O4S/c1-38(16-17-42-2)22-11-13-30(36,14-12-22)26-7-4-8-28-25(26)18-23(39(28)20-31(33,34)35)6-5-15-37-27-10-9-24(44(3,40)41)19-29(27)43-21-32/h4,7-10,18-19,22,37H,11-17,20-21,36H2,1-3H3. The molecule has 0 amide bonds. The molecular weight excluding hydrogens is 600 g/mol. The van der Waals surface area contributed by atoms with Crippen LogP contribution in [0.3, 0.4) is 0 Å². The van der Waals surface area contributed by atoms with E-state index in [0.717, 1.165) is 35.8 Å². The molecule has 1 aliphatic rings. The number of nitrogens with two attached hydrogens (primary N) is 1. The molecule has 8 nitrogen and oxygen atoms in total. The lowest BCUT2D eigenvalue weighted by atomic mass is 9.74. The molecular formula is C31H38F4N4O4S. The minimum absolute atomic E-state index is 0.0269. The van der Waals surface area contributed by atoms with Crippen LogP contribution in [0, 0.1) is 11.8 Å². The summed E-state index contributed by atoms with van der Waals surface area (Å²) < 4.78 is 89.0. The number of fused-ring (bicyclic) bond motifs is 1. The Bertz CT molecular complexity index is 1620. The summed E-state index contributed by atoms with van der Waals surface area (Å²) in [5.41, 5.74) is 7.93. The van der Waals surface area contributed by atoms with Crippen molar-refractivity contribution in [2.45, 2.75) is 54.9 Å². The van der Waals surface area contributed by atoms with Crippen LogP contribution in [-0.4, -0.2) is 77.1 Å². The molecule has 3 aromatic rings. The molecule has 0 saturated heterocycles. The summed E-state index contributed by atoms with van der Waals surface area (Å²) in [5.74, 6) is 5.65. The van der Waals surface area contributed by atoms with Crippen LogP contribution in [0.5, 0.6) is 5.75 Å². The number of nitrogens with one attached hydrogen (secondary N) is 1. The summed E-state index contributed by atoms with van der Waals surface area (Å²) in [7, 11) is 0.179. The summed E-state index contributed by atoms with van der Waals surface area (Å²) >= 11 is 0. The number of anilines is 1. The van der Waals surface area contributed by atoms with Crippen LogP contribution >= 0.6 is 0 Å². The quantitative estimate of drug-likeness (QED) is 0.224. The van der Waals surface area contributed by atoms with E-state index in [0.29, 0.717) is 36.4 Å². The number of hydrogen-bond donors (Lipinski definition) is 2. The highest BCUT2D eigenvalue weighted by molar-refractivity contribution is 7.90. The van der Waals surface area contributed by atoms with Crippen molar-refractivity contribution < 1.29 is 35.5 Å². The molecule has 240 valence electrons. The van der Waals surface area contributed by atoms with Gasteiger partial charge in [-0.05, 0) is 68.5 Å². The number of likely N-dealkylation sites (N-methyl/N-ethyl adjacent to an activating group) is 1. The van der Waals surface area contributed by atoms with Crippen molar-refractivity contribution in [2.75, 3.05) is 52.3 Å². The van der Waals surface area contributed by atoms with Gasteiger partial charge < -0.3 is 30.0 Å². The maximum Gasteiger partial charge on any atom is 0.406 e. The van der Waals surface area contributed by atoms with Crippen LogP contribution in [0.25, 0.3) is 10.9 Å². The van der Waals surface area contributed by atoms with Crippen LogP contribution in [-0.2, 0) is 26.7 Å². The maximum absolute atomic E-state index is 13.7. The molecule has 0 unspecified atom stereocenters. The lowest BCUT2D eigenvalue weighted by Gasteiger charge is -2.41. The van der Waals surface area contributed by atoms with Gasteiger partial charge in [0.25, 0.3) is 0 Å². The van der Waals surface area contributed by atoms with Crippen molar-refractivity contribution in [3.05, 3.63) is 53.7 Å². The predicted molar refractivity (Wildman–Crippen MR) is 162 cm³/mol. The van der Waals surface area contributed by atoms with Crippen molar-refractivity contribution >= 4 is 26.4 Å². The molecule has 1 heterocycles. The van der Waals surface area contributed by atoms with Gasteiger partial charge in [0.2, 0.25) is 6.86 Å². The van der Waals surface area contributed by atoms with Gasteiger partial charge >= 0.3 is 6.18 Å². The first kappa shape index (κ1) is 33.6. The lowest BCUT2D eigenvalue weighted by molar-refractivity contribution is -0.140. The molecule has 0 aliphatic heterocycles. The normalized spacial score (nSPS) is 19.2. The molecule has 1 saturated carbocycles. The van der Waals surface area contributed by atoms with Gasteiger partial charge in [-0.2, -0.15) is 13.2 Å². The lowest BCUT2D eigenvalue weighted by Crippen LogP contribution is -2.46. The number of aromatic nitrogens is 1. The zero-order valence-corrected chi connectivity index (χ0v) is 25.8. The third-order valence-electron chi connectivity index (χ3n) is 8.11. The van der Waals surface area contributed by atoms with Gasteiger partial charge in [-0.25, -0.2) is 12.8 Å². The SMILES string of the molecule is COCCN(C)C1CCC(N)(c2cccc3c2cc(C#CCNc2ccc(S(C)(=O)=O)cc2OCF)n3CC(F)(F)F)CC1. The molecule has 3 N–H and O–H groups in total. The highest BCUT2D eigenvalue weighted by Crippen LogP contribution is 2.40. The number of ether oxygens (including phenoxy) is 2. The van der Waals surface area contributed by atoms with E-state index in [9.17, 15) is 26.0 Å². The molecule has 1 aromatic heterocycles. The van der Waals surface area contributed by atoms with Crippen LogP contribution in [0.15, 0.2) is 47.4 Å². The number of hydrogen-bond acceptors (Lipinski definition) is 7. The number of sulfone groups is 1. The van der Waals surface area contributed by atoms with E-state index in [1.165, 1.54) is 18.2 Å². The number of alkyl halides is 4. The number of halogens is 4. The number of benzene rings is 2. The molecule has 0 atom stereocenters. The largest absolute Gasteiger partial charge is 0.461 e. The predicted octanol–water partition coefficient (Wildman–Crippen LogP) is 5.05. The fraction of sp³-hybridized carbons (Fsp3) is 0.484. The fourth-order valence-corrected chi connectivity index (χ4v) is 6.39. The average molecular weight is 639 g/mol. The van der Waals surface area contributed by atoms with Crippen LogP contribution in [0.1, 0.15) is 36.9 Å². The third-order valence-corrected chi connectivity index (χ3v) is 9.22. The van der Waals surface area contributed by atoms with Gasteiger partial charge in [-0.1, -0.05) is 18.1 Å². The van der Waals surface area contributed by atoms with Crippen LogP contribution in [0.2, 0.25) is 0 Å². The van der Waals surface area contributed by atoms with Crippen molar-refractivity contribution in [1.29, 1.82) is 0 Å². The maximum atomic E-state index is 13.7. The second kappa shape index (κ2) is 13.8. The van der Waals surface area contributed by atoms with E-state index in [-0.39, 0.29) is 28.6 Å². The van der Waals surface area contributed by atoms with Crippen molar-refractivity contribution in [1.82, 2.24) is 9.47 Å². The van der Waals surface area contributed by atoms with E-state index in [1.807, 2.05) is 6.07 Å². The molecule has 2 aromatic carbocycles. The van der Waals surface area contributed by atoms with Crippen molar-refractivity contribution in [2.24, 2.45) is 5.73 Å². The van der Waals surface area contributed by atoms with Gasteiger partial charge in [0.1, 0.15) is 12.3 Å². The second-order valence-corrected chi connectivity index (χ2v) is 13.2. The molecule has 0 bridgehead atoms. The zero-order chi connectivity index (χ0) is 32.1. The third kappa shape index (κ3) is 8.04. The van der Waals surface area contributed by atoms with Gasteiger partial charge in [0.15, 0.2) is 9.84 Å². The Labute approximate surface area is 255 Å². The van der Waals surface area contributed by atoms with Gasteiger partial charge in [0, 0.05) is 48.5 Å². The summed E-state index contributed by atoms with van der Waals surface area (Å²) in [6.07, 6.45) is -0.383. The first-order valence-corrected chi connectivity index (χ1v) is 16.1. The molecule has 4 rings (SSSR count). The Hall–Kier alpha value is -3.31. The summed E-state index contributed by atoms with van der Waals surface area (Å²) in [6, 6.07) is 11.2. The van der Waals surface area contributed by atoms with Crippen LogP contribution in [0.4, 0.5) is 23.2 Å². The molecule has 1 aliphatic carbocycles. The summed E-state index contributed by atoms with van der Waals surface area (Å²) in [5, 5.41) is 3.56.